The van der Waals surface area contributed by atoms with E-state index in [0.717, 1.165) is 30.7 Å². The van der Waals surface area contributed by atoms with Crippen LogP contribution in [0.3, 0.4) is 0 Å². The first-order chi connectivity index (χ1) is 9.29. The van der Waals surface area contributed by atoms with Crippen molar-refractivity contribution in [2.75, 3.05) is 7.11 Å². The first-order valence-corrected chi connectivity index (χ1v) is 7.49. The number of nitrogens with one attached hydrogen (secondary N) is 1. The molecule has 0 spiro atoms. The number of aromatic nitrogens is 1. The lowest BCUT2D eigenvalue weighted by molar-refractivity contribution is 0.407. The van der Waals surface area contributed by atoms with Crippen LogP contribution in [0.4, 0.5) is 0 Å². The molecule has 0 fully saturated rings. The number of benzene rings is 1. The fourth-order valence-corrected chi connectivity index (χ4v) is 3.82. The Balaban J connectivity index is 1.99. The third-order valence-electron chi connectivity index (χ3n) is 3.70. The summed E-state index contributed by atoms with van der Waals surface area (Å²) in [6.45, 7) is 0.745. The smallest absolute Gasteiger partial charge is 0.182 e. The molecule has 0 bridgehead atoms. The fraction of sp³-hybridized carbons (Fsp3) is 0.400. The number of nitrogens with zero attached hydrogens (tertiary/aromatic N) is 1. The van der Waals surface area contributed by atoms with Gasteiger partial charge in [0, 0.05) is 16.1 Å². The molecule has 0 aliphatic heterocycles. The summed E-state index contributed by atoms with van der Waals surface area (Å²) >= 11 is 1.64. The maximum Gasteiger partial charge on any atom is 0.182 e. The Labute approximate surface area is 117 Å². The number of fused-ring (bicyclic) bond motifs is 1. The molecule has 3 nitrogen and oxygen atoms in total. The third-order valence-corrected chi connectivity index (χ3v) is 4.80. The van der Waals surface area contributed by atoms with Crippen LogP contribution in [0.1, 0.15) is 29.0 Å². The standard InChI is InChI=1S/C15H18N2OS/c1-18-13-8-4-2-6-11(13)10-17-12-7-3-5-9-14(12)19-15(17)16/h2,4,6,8,16H,3,5,7,9-10H2,1H3. The normalized spacial score (nSPS) is 14.2. The zero-order valence-corrected chi connectivity index (χ0v) is 11.9. The molecule has 0 atom stereocenters. The molecule has 0 radical (unpaired) electrons. The topological polar surface area (TPSA) is 38.0 Å². The number of methoxy groups -OCH3 is 1. The molecule has 0 saturated carbocycles. The van der Waals surface area contributed by atoms with E-state index in [-0.39, 0.29) is 0 Å². The lowest BCUT2D eigenvalue weighted by Gasteiger charge is -2.15. The van der Waals surface area contributed by atoms with Gasteiger partial charge in [0.25, 0.3) is 0 Å². The summed E-state index contributed by atoms with van der Waals surface area (Å²) in [6, 6.07) is 8.08. The van der Waals surface area contributed by atoms with Gasteiger partial charge in [0.1, 0.15) is 5.75 Å². The molecule has 2 aromatic rings. The van der Waals surface area contributed by atoms with Crippen molar-refractivity contribution in [2.45, 2.75) is 32.2 Å². The minimum atomic E-state index is 0.665. The average Bonchev–Trinajstić information content (AvgIpc) is 2.76. The first kappa shape index (κ1) is 12.5. The monoisotopic (exact) mass is 274 g/mol. The molecule has 1 heterocycles. The number of para-hydroxylation sites is 1. The van der Waals surface area contributed by atoms with E-state index in [1.807, 2.05) is 18.2 Å². The summed E-state index contributed by atoms with van der Waals surface area (Å²) in [5.74, 6) is 0.908. The van der Waals surface area contributed by atoms with Crippen molar-refractivity contribution >= 4 is 11.3 Å². The minimum Gasteiger partial charge on any atom is -0.496 e. The van der Waals surface area contributed by atoms with Gasteiger partial charge < -0.3 is 9.30 Å². The van der Waals surface area contributed by atoms with Crippen molar-refractivity contribution in [2.24, 2.45) is 0 Å². The van der Waals surface area contributed by atoms with Crippen LogP contribution >= 0.6 is 11.3 Å². The van der Waals surface area contributed by atoms with Crippen LogP contribution in [0.2, 0.25) is 0 Å². The van der Waals surface area contributed by atoms with Gasteiger partial charge in [-0.1, -0.05) is 18.2 Å². The summed E-state index contributed by atoms with van der Waals surface area (Å²) < 4.78 is 7.56. The highest BCUT2D eigenvalue weighted by atomic mass is 32.1. The number of aryl methyl sites for hydroxylation is 1. The van der Waals surface area contributed by atoms with E-state index >= 15 is 0 Å². The van der Waals surface area contributed by atoms with Crippen molar-refractivity contribution in [3.63, 3.8) is 0 Å². The van der Waals surface area contributed by atoms with Crippen molar-refractivity contribution in [1.29, 1.82) is 5.41 Å². The van der Waals surface area contributed by atoms with Crippen LogP contribution < -0.4 is 9.54 Å². The summed E-state index contributed by atoms with van der Waals surface area (Å²) in [5, 5.41) is 8.18. The molecule has 0 saturated heterocycles. The average molecular weight is 274 g/mol. The Morgan fingerprint density at radius 1 is 1.26 bits per heavy atom. The highest BCUT2D eigenvalue weighted by molar-refractivity contribution is 7.09. The molecule has 0 unspecified atom stereocenters. The van der Waals surface area contributed by atoms with Gasteiger partial charge in [-0.3, -0.25) is 5.41 Å². The van der Waals surface area contributed by atoms with Crippen molar-refractivity contribution in [3.8, 4) is 5.75 Å². The number of ether oxygens (including phenoxy) is 1. The Bertz CT molecular complexity index is 642. The minimum absolute atomic E-state index is 0.665. The Kier molecular flexibility index (Phi) is 3.42. The van der Waals surface area contributed by atoms with E-state index in [9.17, 15) is 0 Å². The predicted octanol–water partition coefficient (Wildman–Crippen LogP) is 2.96. The molecule has 0 amide bonds. The highest BCUT2D eigenvalue weighted by Crippen LogP contribution is 2.25. The molecule has 1 aromatic carbocycles. The fourth-order valence-electron chi connectivity index (χ4n) is 2.72. The number of thiazole rings is 1. The van der Waals surface area contributed by atoms with E-state index < -0.39 is 0 Å². The van der Waals surface area contributed by atoms with Gasteiger partial charge in [0.2, 0.25) is 0 Å². The summed E-state index contributed by atoms with van der Waals surface area (Å²) in [5.41, 5.74) is 2.52. The predicted molar refractivity (Wildman–Crippen MR) is 76.9 cm³/mol. The zero-order chi connectivity index (χ0) is 13.2. The Hall–Kier alpha value is -1.55. The number of hydrogen-bond donors (Lipinski definition) is 1. The summed E-state index contributed by atoms with van der Waals surface area (Å²) in [4.78, 5) is 2.07. The van der Waals surface area contributed by atoms with Crippen molar-refractivity contribution < 1.29 is 4.74 Å². The quantitative estimate of drug-likeness (QED) is 0.918. The number of hydrogen-bond acceptors (Lipinski definition) is 3. The van der Waals surface area contributed by atoms with Gasteiger partial charge in [-0.25, -0.2) is 0 Å². The molecule has 19 heavy (non-hydrogen) atoms. The van der Waals surface area contributed by atoms with Crippen LogP contribution in [0.5, 0.6) is 5.75 Å². The molecule has 1 N–H and O–H groups in total. The molecule has 1 aromatic heterocycles. The Morgan fingerprint density at radius 2 is 2.05 bits per heavy atom. The van der Waals surface area contributed by atoms with Gasteiger partial charge in [0.15, 0.2) is 4.80 Å². The van der Waals surface area contributed by atoms with Gasteiger partial charge in [0.05, 0.1) is 13.7 Å². The SMILES string of the molecule is COc1ccccc1Cn1c2c(sc1=N)CCCC2. The number of rotatable bonds is 3. The lowest BCUT2D eigenvalue weighted by Crippen LogP contribution is -2.18. The van der Waals surface area contributed by atoms with Crippen molar-refractivity contribution in [3.05, 3.63) is 45.2 Å². The van der Waals surface area contributed by atoms with Crippen LogP contribution in [0, 0.1) is 5.41 Å². The second-order valence-corrected chi connectivity index (χ2v) is 5.97. The molecule has 3 rings (SSSR count). The van der Waals surface area contributed by atoms with E-state index in [1.165, 1.54) is 23.4 Å². The van der Waals surface area contributed by atoms with Gasteiger partial charge in [-0.2, -0.15) is 0 Å². The first-order valence-electron chi connectivity index (χ1n) is 6.67. The van der Waals surface area contributed by atoms with Gasteiger partial charge in [-0.05, 0) is 31.7 Å². The molecular formula is C15H18N2OS. The largest absolute Gasteiger partial charge is 0.496 e. The second kappa shape index (κ2) is 5.21. The van der Waals surface area contributed by atoms with Crippen LogP contribution in [-0.2, 0) is 19.4 Å². The molecule has 1 aliphatic rings. The zero-order valence-electron chi connectivity index (χ0n) is 11.1. The van der Waals surface area contributed by atoms with Crippen LogP contribution in [0.25, 0.3) is 0 Å². The van der Waals surface area contributed by atoms with Crippen LogP contribution in [-0.4, -0.2) is 11.7 Å². The molecular weight excluding hydrogens is 256 g/mol. The van der Waals surface area contributed by atoms with Crippen LogP contribution in [0.15, 0.2) is 24.3 Å². The summed E-state index contributed by atoms with van der Waals surface area (Å²) in [6.07, 6.45) is 4.77. The van der Waals surface area contributed by atoms with Gasteiger partial charge in [-0.15, -0.1) is 11.3 Å². The van der Waals surface area contributed by atoms with Crippen molar-refractivity contribution in [1.82, 2.24) is 4.57 Å². The maximum absolute atomic E-state index is 8.18. The van der Waals surface area contributed by atoms with Gasteiger partial charge >= 0.3 is 0 Å². The Morgan fingerprint density at radius 3 is 2.89 bits per heavy atom. The molecule has 100 valence electrons. The molecule has 1 aliphatic carbocycles. The van der Waals surface area contributed by atoms with E-state index in [2.05, 4.69) is 10.6 Å². The lowest BCUT2D eigenvalue weighted by atomic mass is 10.0. The maximum atomic E-state index is 8.18. The van der Waals surface area contributed by atoms with E-state index in [4.69, 9.17) is 10.1 Å². The van der Waals surface area contributed by atoms with E-state index in [1.54, 1.807) is 18.4 Å². The molecule has 4 heteroatoms. The van der Waals surface area contributed by atoms with E-state index in [0.29, 0.717) is 4.80 Å². The summed E-state index contributed by atoms with van der Waals surface area (Å²) in [7, 11) is 1.70. The second-order valence-electron chi connectivity index (χ2n) is 4.88. The third kappa shape index (κ3) is 2.32. The highest BCUT2D eigenvalue weighted by Gasteiger charge is 2.17.